The molecule has 1 fully saturated rings. The quantitative estimate of drug-likeness (QED) is 0.897. The Bertz CT molecular complexity index is 385. The van der Waals surface area contributed by atoms with Crippen molar-refractivity contribution in [3.63, 3.8) is 0 Å². The van der Waals surface area contributed by atoms with Gasteiger partial charge in [-0.3, -0.25) is 0 Å². The molecular formula is C17H28N2. The second-order valence-electron chi connectivity index (χ2n) is 6.20. The van der Waals surface area contributed by atoms with Gasteiger partial charge in [-0.05, 0) is 51.1 Å². The fraction of sp³-hybridized carbons (Fsp3) is 0.647. The van der Waals surface area contributed by atoms with Crippen molar-refractivity contribution in [2.45, 2.75) is 52.1 Å². The van der Waals surface area contributed by atoms with Crippen LogP contribution in [0.2, 0.25) is 0 Å². The Morgan fingerprint density at radius 2 is 1.95 bits per heavy atom. The highest BCUT2D eigenvalue weighted by atomic mass is 15.2. The zero-order valence-electron chi connectivity index (χ0n) is 12.6. The zero-order chi connectivity index (χ0) is 13.8. The van der Waals surface area contributed by atoms with Crippen LogP contribution >= 0.6 is 0 Å². The number of piperidine rings is 1. The van der Waals surface area contributed by atoms with E-state index in [9.17, 15) is 0 Å². The fourth-order valence-corrected chi connectivity index (χ4v) is 3.02. The molecule has 1 aliphatic heterocycles. The minimum absolute atomic E-state index is 0.171. The second kappa shape index (κ2) is 6.53. The molecule has 0 spiro atoms. The van der Waals surface area contributed by atoms with Gasteiger partial charge in [0.05, 0.1) is 0 Å². The summed E-state index contributed by atoms with van der Waals surface area (Å²) in [6, 6.07) is 9.52. The molecule has 1 aromatic rings. The van der Waals surface area contributed by atoms with Gasteiger partial charge in [0.15, 0.2) is 0 Å². The number of likely N-dealkylation sites (tertiary alicyclic amines) is 1. The van der Waals surface area contributed by atoms with Crippen LogP contribution in [0.25, 0.3) is 0 Å². The van der Waals surface area contributed by atoms with Gasteiger partial charge >= 0.3 is 0 Å². The second-order valence-corrected chi connectivity index (χ2v) is 6.20. The molecule has 106 valence electrons. The molecule has 3 unspecified atom stereocenters. The molecule has 2 N–H and O–H groups in total. The standard InChI is InChI=1S/C17H28N2/c1-13-6-8-16(9-7-13)17(18)10-12-19-11-4-5-14(2)15(19)3/h6-9,14-15,17H,4-5,10-12,18H2,1-3H3. The van der Waals surface area contributed by atoms with E-state index in [2.05, 4.69) is 49.9 Å². The van der Waals surface area contributed by atoms with Crippen molar-refractivity contribution in [1.82, 2.24) is 4.90 Å². The van der Waals surface area contributed by atoms with Crippen LogP contribution in [0.4, 0.5) is 0 Å². The first-order valence-corrected chi connectivity index (χ1v) is 7.64. The number of nitrogens with zero attached hydrogens (tertiary/aromatic N) is 1. The third kappa shape index (κ3) is 3.80. The van der Waals surface area contributed by atoms with Crippen LogP contribution < -0.4 is 5.73 Å². The summed E-state index contributed by atoms with van der Waals surface area (Å²) in [5.74, 6) is 0.823. The van der Waals surface area contributed by atoms with Crippen LogP contribution in [0.5, 0.6) is 0 Å². The maximum Gasteiger partial charge on any atom is 0.0307 e. The number of benzene rings is 1. The van der Waals surface area contributed by atoms with Crippen LogP contribution in [0.1, 0.15) is 50.3 Å². The smallest absolute Gasteiger partial charge is 0.0307 e. The van der Waals surface area contributed by atoms with Gasteiger partial charge in [-0.25, -0.2) is 0 Å². The highest BCUT2D eigenvalue weighted by Gasteiger charge is 2.24. The van der Waals surface area contributed by atoms with Gasteiger partial charge in [-0.2, -0.15) is 0 Å². The number of nitrogens with two attached hydrogens (primary N) is 1. The summed E-state index contributed by atoms with van der Waals surface area (Å²) in [7, 11) is 0. The molecule has 1 aliphatic rings. The van der Waals surface area contributed by atoms with E-state index >= 15 is 0 Å². The van der Waals surface area contributed by atoms with Crippen LogP contribution in [0, 0.1) is 12.8 Å². The Balaban J connectivity index is 1.86. The van der Waals surface area contributed by atoms with Gasteiger partial charge in [0.25, 0.3) is 0 Å². The molecule has 0 radical (unpaired) electrons. The summed E-state index contributed by atoms with van der Waals surface area (Å²) in [6.07, 6.45) is 3.77. The normalized spacial score (nSPS) is 26.3. The Morgan fingerprint density at radius 3 is 2.63 bits per heavy atom. The monoisotopic (exact) mass is 260 g/mol. The van der Waals surface area contributed by atoms with E-state index in [0.29, 0.717) is 6.04 Å². The molecule has 1 aromatic carbocycles. The van der Waals surface area contributed by atoms with E-state index in [1.54, 1.807) is 0 Å². The topological polar surface area (TPSA) is 29.3 Å². The average molecular weight is 260 g/mol. The molecule has 3 atom stereocenters. The lowest BCUT2D eigenvalue weighted by atomic mass is 9.91. The molecule has 0 aromatic heterocycles. The van der Waals surface area contributed by atoms with Gasteiger partial charge < -0.3 is 10.6 Å². The van der Waals surface area contributed by atoms with Gasteiger partial charge in [0.1, 0.15) is 0 Å². The molecule has 1 heterocycles. The number of hydrogen-bond donors (Lipinski definition) is 1. The van der Waals surface area contributed by atoms with Crippen LogP contribution in [0.3, 0.4) is 0 Å². The average Bonchev–Trinajstić information content (AvgIpc) is 2.41. The van der Waals surface area contributed by atoms with E-state index < -0.39 is 0 Å². The number of aryl methyl sites for hydroxylation is 1. The molecule has 2 rings (SSSR count). The summed E-state index contributed by atoms with van der Waals surface area (Å²) < 4.78 is 0. The van der Waals surface area contributed by atoms with Gasteiger partial charge in [0, 0.05) is 18.6 Å². The first-order chi connectivity index (χ1) is 9.08. The first kappa shape index (κ1) is 14.5. The van der Waals surface area contributed by atoms with Crippen molar-refractivity contribution in [2.24, 2.45) is 11.7 Å². The van der Waals surface area contributed by atoms with Crippen LogP contribution in [-0.4, -0.2) is 24.0 Å². The van der Waals surface area contributed by atoms with Crippen LogP contribution in [0.15, 0.2) is 24.3 Å². The molecular weight excluding hydrogens is 232 g/mol. The van der Waals surface area contributed by atoms with Gasteiger partial charge in [-0.15, -0.1) is 0 Å². The van der Waals surface area contributed by atoms with Gasteiger partial charge in [0.2, 0.25) is 0 Å². The third-order valence-corrected chi connectivity index (χ3v) is 4.74. The molecule has 0 saturated carbocycles. The fourth-order valence-electron chi connectivity index (χ4n) is 3.02. The Morgan fingerprint density at radius 1 is 1.26 bits per heavy atom. The molecule has 2 nitrogen and oxygen atoms in total. The van der Waals surface area contributed by atoms with Crippen molar-refractivity contribution >= 4 is 0 Å². The summed E-state index contributed by atoms with van der Waals surface area (Å²) >= 11 is 0. The lowest BCUT2D eigenvalue weighted by molar-refractivity contribution is 0.110. The third-order valence-electron chi connectivity index (χ3n) is 4.74. The Kier molecular flexibility index (Phi) is 5.00. The maximum atomic E-state index is 6.32. The van der Waals surface area contributed by atoms with Crippen molar-refractivity contribution in [3.05, 3.63) is 35.4 Å². The lowest BCUT2D eigenvalue weighted by Crippen LogP contribution is -2.43. The summed E-state index contributed by atoms with van der Waals surface area (Å²) in [4.78, 5) is 2.61. The minimum atomic E-state index is 0.171. The minimum Gasteiger partial charge on any atom is -0.324 e. The molecule has 19 heavy (non-hydrogen) atoms. The Hall–Kier alpha value is -0.860. The summed E-state index contributed by atoms with van der Waals surface area (Å²) in [5, 5.41) is 0. The Labute approximate surface area is 118 Å². The predicted molar refractivity (Wildman–Crippen MR) is 82.2 cm³/mol. The number of rotatable bonds is 4. The maximum absolute atomic E-state index is 6.32. The largest absolute Gasteiger partial charge is 0.324 e. The van der Waals surface area contributed by atoms with Crippen molar-refractivity contribution in [1.29, 1.82) is 0 Å². The van der Waals surface area contributed by atoms with E-state index in [1.165, 1.54) is 30.5 Å². The van der Waals surface area contributed by atoms with Crippen molar-refractivity contribution < 1.29 is 0 Å². The lowest BCUT2D eigenvalue weighted by Gasteiger charge is -2.38. The highest BCUT2D eigenvalue weighted by Crippen LogP contribution is 2.24. The van der Waals surface area contributed by atoms with Crippen molar-refractivity contribution in [2.75, 3.05) is 13.1 Å². The summed E-state index contributed by atoms with van der Waals surface area (Å²) in [6.45, 7) is 9.22. The first-order valence-electron chi connectivity index (χ1n) is 7.64. The molecule has 0 amide bonds. The highest BCUT2D eigenvalue weighted by molar-refractivity contribution is 5.23. The summed E-state index contributed by atoms with van der Waals surface area (Å²) in [5.41, 5.74) is 8.88. The molecule has 0 bridgehead atoms. The molecule has 2 heteroatoms. The predicted octanol–water partition coefficient (Wildman–Crippen LogP) is 3.51. The zero-order valence-corrected chi connectivity index (χ0v) is 12.6. The van der Waals surface area contributed by atoms with E-state index in [1.807, 2.05) is 0 Å². The van der Waals surface area contributed by atoms with Crippen molar-refractivity contribution in [3.8, 4) is 0 Å². The molecule has 0 aliphatic carbocycles. The van der Waals surface area contributed by atoms with E-state index in [4.69, 9.17) is 5.73 Å². The van der Waals surface area contributed by atoms with Crippen LogP contribution in [-0.2, 0) is 0 Å². The number of hydrogen-bond acceptors (Lipinski definition) is 2. The van der Waals surface area contributed by atoms with E-state index in [0.717, 1.165) is 18.9 Å². The van der Waals surface area contributed by atoms with E-state index in [-0.39, 0.29) is 6.04 Å². The molecule has 1 saturated heterocycles. The SMILES string of the molecule is Cc1ccc(C(N)CCN2CCCC(C)C2C)cc1. The van der Waals surface area contributed by atoms with Gasteiger partial charge in [-0.1, -0.05) is 36.8 Å².